The van der Waals surface area contributed by atoms with Crippen LogP contribution in [0.4, 0.5) is 19.1 Å². The van der Waals surface area contributed by atoms with Crippen molar-refractivity contribution in [1.82, 2.24) is 19.9 Å². The van der Waals surface area contributed by atoms with Crippen LogP contribution < -0.4 is 10.5 Å². The Bertz CT molecular complexity index is 782. The van der Waals surface area contributed by atoms with Crippen LogP contribution in [0.2, 0.25) is 0 Å². The number of nitrogens with one attached hydrogen (secondary N) is 1. The van der Waals surface area contributed by atoms with Crippen LogP contribution in [0.3, 0.4) is 0 Å². The van der Waals surface area contributed by atoms with Gasteiger partial charge in [0.05, 0.1) is 6.33 Å². The average molecular weight is 295 g/mol. The maximum absolute atomic E-state index is 12.1. The third kappa shape index (κ3) is 2.71. The van der Waals surface area contributed by atoms with Crippen LogP contribution in [0.1, 0.15) is 0 Å². The van der Waals surface area contributed by atoms with E-state index in [-0.39, 0.29) is 11.7 Å². The second-order valence-corrected chi connectivity index (χ2v) is 4.10. The van der Waals surface area contributed by atoms with Crippen molar-refractivity contribution in [2.45, 2.75) is 6.36 Å². The van der Waals surface area contributed by atoms with Crippen LogP contribution in [0.5, 0.6) is 5.75 Å². The number of H-pyrrole nitrogens is 1. The predicted molar refractivity (Wildman–Crippen MR) is 68.2 cm³/mol. The molecule has 21 heavy (non-hydrogen) atoms. The van der Waals surface area contributed by atoms with Crippen LogP contribution in [-0.4, -0.2) is 26.3 Å². The second-order valence-electron chi connectivity index (χ2n) is 4.10. The van der Waals surface area contributed by atoms with Crippen molar-refractivity contribution in [3.8, 4) is 17.0 Å². The van der Waals surface area contributed by atoms with Gasteiger partial charge in [-0.25, -0.2) is 9.97 Å². The summed E-state index contributed by atoms with van der Waals surface area (Å²) in [6, 6.07) is 5.29. The number of ether oxygens (including phenoxy) is 1. The fraction of sp³-hybridized carbons (Fsp3) is 0.0833. The normalized spacial score (nSPS) is 11.8. The lowest BCUT2D eigenvalue weighted by atomic mass is 10.1. The topological polar surface area (TPSA) is 89.7 Å². The monoisotopic (exact) mass is 295 g/mol. The minimum Gasteiger partial charge on any atom is -0.406 e. The molecule has 9 heteroatoms. The van der Waals surface area contributed by atoms with Gasteiger partial charge in [-0.1, -0.05) is 0 Å². The Morgan fingerprint density at radius 3 is 2.48 bits per heavy atom. The molecule has 3 aromatic rings. The number of halogens is 3. The van der Waals surface area contributed by atoms with E-state index in [0.717, 1.165) is 0 Å². The van der Waals surface area contributed by atoms with E-state index in [1.807, 2.05) is 0 Å². The fourth-order valence-electron chi connectivity index (χ4n) is 1.87. The summed E-state index contributed by atoms with van der Waals surface area (Å²) in [6.45, 7) is 0. The summed E-state index contributed by atoms with van der Waals surface area (Å²) in [7, 11) is 0. The number of anilines is 1. The molecule has 0 aliphatic rings. The number of rotatable bonds is 2. The molecule has 2 heterocycles. The van der Waals surface area contributed by atoms with Gasteiger partial charge in [0.15, 0.2) is 5.65 Å². The molecule has 0 aliphatic heterocycles. The quantitative estimate of drug-likeness (QED) is 0.758. The molecule has 0 atom stereocenters. The summed E-state index contributed by atoms with van der Waals surface area (Å²) in [5, 5.41) is 0. The Morgan fingerprint density at radius 1 is 1.10 bits per heavy atom. The Balaban J connectivity index is 2.01. The lowest BCUT2D eigenvalue weighted by Gasteiger charge is -2.09. The van der Waals surface area contributed by atoms with E-state index in [4.69, 9.17) is 5.73 Å². The molecule has 3 rings (SSSR count). The molecule has 3 N–H and O–H groups in total. The standard InChI is InChI=1S/C12H8F3N5O/c13-12(14,15)21-7-3-1-6(2-4-7)8-9-10(18-5-17-9)20-11(16)19-8/h1-5H,(H3,16,17,18,19,20). The molecule has 0 spiro atoms. The first-order valence-electron chi connectivity index (χ1n) is 5.75. The van der Waals surface area contributed by atoms with Crippen molar-refractivity contribution < 1.29 is 17.9 Å². The van der Waals surface area contributed by atoms with Crippen LogP contribution in [0.15, 0.2) is 30.6 Å². The van der Waals surface area contributed by atoms with Gasteiger partial charge in [0.2, 0.25) is 5.95 Å². The zero-order chi connectivity index (χ0) is 15.0. The maximum Gasteiger partial charge on any atom is 0.573 e. The molecule has 0 saturated carbocycles. The molecule has 0 saturated heterocycles. The molecule has 2 aromatic heterocycles. The minimum absolute atomic E-state index is 0.0280. The van der Waals surface area contributed by atoms with Crippen molar-refractivity contribution >= 4 is 17.1 Å². The largest absolute Gasteiger partial charge is 0.573 e. The number of nitrogen functional groups attached to an aromatic ring is 1. The molecule has 0 unspecified atom stereocenters. The minimum atomic E-state index is -4.72. The predicted octanol–water partition coefficient (Wildman–Crippen LogP) is 2.50. The summed E-state index contributed by atoms with van der Waals surface area (Å²) < 4.78 is 40.1. The maximum atomic E-state index is 12.1. The smallest absolute Gasteiger partial charge is 0.406 e. The molecule has 1 aromatic carbocycles. The highest BCUT2D eigenvalue weighted by Crippen LogP contribution is 2.28. The van der Waals surface area contributed by atoms with Gasteiger partial charge in [0.25, 0.3) is 0 Å². The summed E-state index contributed by atoms with van der Waals surface area (Å²) in [5.41, 5.74) is 7.53. The van der Waals surface area contributed by atoms with E-state index in [2.05, 4.69) is 24.7 Å². The van der Waals surface area contributed by atoms with Crippen LogP contribution in [0, 0.1) is 0 Å². The number of alkyl halides is 3. The average Bonchev–Trinajstić information content (AvgIpc) is 2.85. The molecular weight excluding hydrogens is 287 g/mol. The Morgan fingerprint density at radius 2 is 1.81 bits per heavy atom. The molecular formula is C12H8F3N5O. The summed E-state index contributed by atoms with van der Waals surface area (Å²) in [5.74, 6) is -0.283. The third-order valence-electron chi connectivity index (χ3n) is 2.66. The van der Waals surface area contributed by atoms with Gasteiger partial charge < -0.3 is 15.5 Å². The summed E-state index contributed by atoms with van der Waals surface area (Å²) in [4.78, 5) is 14.9. The van der Waals surface area contributed by atoms with Crippen molar-refractivity contribution in [3.05, 3.63) is 30.6 Å². The second kappa shape index (κ2) is 4.62. The third-order valence-corrected chi connectivity index (χ3v) is 2.66. The van der Waals surface area contributed by atoms with E-state index in [0.29, 0.717) is 22.4 Å². The van der Waals surface area contributed by atoms with Crippen molar-refractivity contribution in [2.75, 3.05) is 5.73 Å². The van der Waals surface area contributed by atoms with Crippen molar-refractivity contribution in [3.63, 3.8) is 0 Å². The number of hydrogen-bond donors (Lipinski definition) is 2. The SMILES string of the molecule is Nc1nc(-c2ccc(OC(F)(F)F)cc2)c2[nH]cnc2n1. The number of aromatic amines is 1. The van der Waals surface area contributed by atoms with Gasteiger partial charge in [0, 0.05) is 5.56 Å². The Kier molecular flexibility index (Phi) is 2.89. The first-order valence-corrected chi connectivity index (χ1v) is 5.75. The van der Waals surface area contributed by atoms with E-state index in [9.17, 15) is 13.2 Å². The van der Waals surface area contributed by atoms with E-state index in [1.165, 1.54) is 30.6 Å². The number of aromatic nitrogens is 4. The van der Waals surface area contributed by atoms with Gasteiger partial charge in [-0.3, -0.25) is 0 Å². The van der Waals surface area contributed by atoms with Crippen molar-refractivity contribution in [2.24, 2.45) is 0 Å². The molecule has 0 bridgehead atoms. The van der Waals surface area contributed by atoms with Gasteiger partial charge in [-0.2, -0.15) is 4.98 Å². The molecule has 6 nitrogen and oxygen atoms in total. The molecule has 0 aliphatic carbocycles. The number of benzene rings is 1. The molecule has 0 amide bonds. The number of hydrogen-bond acceptors (Lipinski definition) is 5. The summed E-state index contributed by atoms with van der Waals surface area (Å²) in [6.07, 6.45) is -3.29. The molecule has 0 fully saturated rings. The summed E-state index contributed by atoms with van der Waals surface area (Å²) >= 11 is 0. The fourth-order valence-corrected chi connectivity index (χ4v) is 1.87. The highest BCUT2D eigenvalue weighted by molar-refractivity contribution is 5.87. The highest BCUT2D eigenvalue weighted by Gasteiger charge is 2.31. The van der Waals surface area contributed by atoms with Gasteiger partial charge in [-0.15, -0.1) is 13.2 Å². The lowest BCUT2D eigenvalue weighted by Crippen LogP contribution is -2.16. The van der Waals surface area contributed by atoms with Crippen LogP contribution in [0.25, 0.3) is 22.4 Å². The van der Waals surface area contributed by atoms with E-state index >= 15 is 0 Å². The lowest BCUT2D eigenvalue weighted by molar-refractivity contribution is -0.274. The zero-order valence-electron chi connectivity index (χ0n) is 10.3. The van der Waals surface area contributed by atoms with Gasteiger partial charge in [0.1, 0.15) is 17.0 Å². The van der Waals surface area contributed by atoms with Gasteiger partial charge >= 0.3 is 6.36 Å². The molecule has 0 radical (unpaired) electrons. The number of imidazole rings is 1. The van der Waals surface area contributed by atoms with Crippen LogP contribution in [-0.2, 0) is 0 Å². The molecule has 108 valence electrons. The van der Waals surface area contributed by atoms with E-state index in [1.54, 1.807) is 0 Å². The number of nitrogens with two attached hydrogens (primary N) is 1. The van der Waals surface area contributed by atoms with Gasteiger partial charge in [-0.05, 0) is 24.3 Å². The Labute approximate surface area is 115 Å². The Hall–Kier alpha value is -2.84. The first-order chi connectivity index (χ1) is 9.92. The first kappa shape index (κ1) is 13.2. The van der Waals surface area contributed by atoms with E-state index < -0.39 is 6.36 Å². The van der Waals surface area contributed by atoms with Crippen molar-refractivity contribution in [1.29, 1.82) is 0 Å². The zero-order valence-corrected chi connectivity index (χ0v) is 10.3. The van der Waals surface area contributed by atoms with Crippen LogP contribution >= 0.6 is 0 Å². The number of fused-ring (bicyclic) bond motifs is 1. The number of nitrogens with zero attached hydrogens (tertiary/aromatic N) is 3. The highest BCUT2D eigenvalue weighted by atomic mass is 19.4.